The standard InChI is InChI=1S/C19H18ClFN4/c20-13-5-6-15-18(11-13)22-12-23-19(15)25-9-7-14(8-10-25)24-17-4-2-1-3-16(17)21/h1-6,11-12,14,24H,7-10H2. The molecule has 2 heterocycles. The van der Waals surface area contributed by atoms with Gasteiger partial charge in [-0.2, -0.15) is 0 Å². The van der Waals surface area contributed by atoms with E-state index in [0.29, 0.717) is 10.7 Å². The zero-order chi connectivity index (χ0) is 17.2. The number of nitrogens with zero attached hydrogens (tertiary/aromatic N) is 3. The van der Waals surface area contributed by atoms with E-state index in [9.17, 15) is 4.39 Å². The van der Waals surface area contributed by atoms with E-state index >= 15 is 0 Å². The van der Waals surface area contributed by atoms with E-state index in [2.05, 4.69) is 20.2 Å². The molecule has 0 saturated carbocycles. The third-order valence-electron chi connectivity index (χ3n) is 4.61. The average molecular weight is 357 g/mol. The van der Waals surface area contributed by atoms with Gasteiger partial charge in [0.05, 0.1) is 11.2 Å². The van der Waals surface area contributed by atoms with Crippen LogP contribution in [0.1, 0.15) is 12.8 Å². The molecule has 25 heavy (non-hydrogen) atoms. The molecule has 1 fully saturated rings. The molecule has 2 aromatic carbocycles. The molecule has 4 rings (SSSR count). The lowest BCUT2D eigenvalue weighted by atomic mass is 10.0. The number of anilines is 2. The topological polar surface area (TPSA) is 41.0 Å². The number of benzene rings is 2. The maximum absolute atomic E-state index is 13.8. The van der Waals surface area contributed by atoms with Gasteiger partial charge in [0.1, 0.15) is 18.0 Å². The Morgan fingerprint density at radius 2 is 1.88 bits per heavy atom. The van der Waals surface area contributed by atoms with Crippen LogP contribution < -0.4 is 10.2 Å². The van der Waals surface area contributed by atoms with Crippen molar-refractivity contribution >= 4 is 34.0 Å². The van der Waals surface area contributed by atoms with Crippen molar-refractivity contribution in [3.05, 3.63) is 59.6 Å². The summed E-state index contributed by atoms with van der Waals surface area (Å²) < 4.78 is 13.8. The SMILES string of the molecule is Fc1ccccc1NC1CCN(c2ncnc3cc(Cl)ccc23)CC1. The third kappa shape index (κ3) is 3.37. The van der Waals surface area contributed by atoms with Gasteiger partial charge in [0, 0.05) is 29.5 Å². The predicted octanol–water partition coefficient (Wildman–Crippen LogP) is 4.50. The highest BCUT2D eigenvalue weighted by molar-refractivity contribution is 6.31. The number of fused-ring (bicyclic) bond motifs is 1. The summed E-state index contributed by atoms with van der Waals surface area (Å²) in [4.78, 5) is 11.0. The molecule has 0 unspecified atom stereocenters. The van der Waals surface area contributed by atoms with E-state index in [4.69, 9.17) is 11.6 Å². The van der Waals surface area contributed by atoms with Crippen molar-refractivity contribution < 1.29 is 4.39 Å². The van der Waals surface area contributed by atoms with Crippen molar-refractivity contribution in [3.8, 4) is 0 Å². The van der Waals surface area contributed by atoms with Gasteiger partial charge in [-0.25, -0.2) is 14.4 Å². The van der Waals surface area contributed by atoms with Crippen molar-refractivity contribution in [2.75, 3.05) is 23.3 Å². The zero-order valence-corrected chi connectivity index (χ0v) is 14.4. The highest BCUT2D eigenvalue weighted by Gasteiger charge is 2.22. The molecule has 128 valence electrons. The summed E-state index contributed by atoms with van der Waals surface area (Å²) >= 11 is 6.05. The molecule has 0 bridgehead atoms. The molecule has 1 aliphatic heterocycles. The van der Waals surface area contributed by atoms with Crippen molar-refractivity contribution in [2.45, 2.75) is 18.9 Å². The Bertz CT molecular complexity index is 893. The lowest BCUT2D eigenvalue weighted by molar-refractivity contribution is 0.520. The lowest BCUT2D eigenvalue weighted by Crippen LogP contribution is -2.39. The molecule has 1 aromatic heterocycles. The van der Waals surface area contributed by atoms with Gasteiger partial charge < -0.3 is 10.2 Å². The van der Waals surface area contributed by atoms with Gasteiger partial charge >= 0.3 is 0 Å². The molecular weight excluding hydrogens is 339 g/mol. The van der Waals surface area contributed by atoms with Gasteiger partial charge in [0.25, 0.3) is 0 Å². The Morgan fingerprint density at radius 3 is 2.68 bits per heavy atom. The normalized spacial score (nSPS) is 15.5. The second-order valence-corrected chi connectivity index (χ2v) is 6.68. The maximum Gasteiger partial charge on any atom is 0.146 e. The first-order chi connectivity index (χ1) is 12.2. The monoisotopic (exact) mass is 356 g/mol. The minimum atomic E-state index is -0.205. The van der Waals surface area contributed by atoms with E-state index in [1.807, 2.05) is 24.3 Å². The summed E-state index contributed by atoms with van der Waals surface area (Å²) in [7, 11) is 0. The summed E-state index contributed by atoms with van der Waals surface area (Å²) in [6.45, 7) is 1.72. The Hall–Kier alpha value is -2.40. The van der Waals surface area contributed by atoms with Crippen LogP contribution in [-0.2, 0) is 0 Å². The Balaban J connectivity index is 1.48. The minimum Gasteiger partial charge on any atom is -0.380 e. The molecule has 0 atom stereocenters. The van der Waals surface area contributed by atoms with Crippen molar-refractivity contribution in [3.63, 3.8) is 0 Å². The number of hydrogen-bond donors (Lipinski definition) is 1. The maximum atomic E-state index is 13.8. The molecule has 4 nitrogen and oxygen atoms in total. The van der Waals surface area contributed by atoms with Crippen LogP contribution in [0.25, 0.3) is 10.9 Å². The van der Waals surface area contributed by atoms with Crippen LogP contribution in [0.4, 0.5) is 15.9 Å². The van der Waals surface area contributed by atoms with E-state index < -0.39 is 0 Å². The quantitative estimate of drug-likeness (QED) is 0.750. The molecule has 1 aliphatic rings. The van der Waals surface area contributed by atoms with Crippen LogP contribution in [0.15, 0.2) is 48.8 Å². The van der Waals surface area contributed by atoms with Crippen molar-refractivity contribution in [1.29, 1.82) is 0 Å². The summed E-state index contributed by atoms with van der Waals surface area (Å²) in [6, 6.07) is 12.8. The molecule has 3 aromatic rings. The fourth-order valence-corrected chi connectivity index (χ4v) is 3.47. The fraction of sp³-hybridized carbons (Fsp3) is 0.263. The molecule has 1 N–H and O–H groups in total. The van der Waals surface area contributed by atoms with Gasteiger partial charge in [-0.05, 0) is 43.2 Å². The molecule has 0 radical (unpaired) electrons. The number of rotatable bonds is 3. The molecule has 6 heteroatoms. The summed E-state index contributed by atoms with van der Waals surface area (Å²) in [5, 5.41) is 4.99. The molecule has 0 spiro atoms. The van der Waals surface area contributed by atoms with Crippen LogP contribution >= 0.6 is 11.6 Å². The predicted molar refractivity (Wildman–Crippen MR) is 99.8 cm³/mol. The average Bonchev–Trinajstić information content (AvgIpc) is 2.63. The van der Waals surface area contributed by atoms with E-state index in [1.165, 1.54) is 6.07 Å². The number of hydrogen-bond acceptors (Lipinski definition) is 4. The van der Waals surface area contributed by atoms with Crippen LogP contribution in [0, 0.1) is 5.82 Å². The van der Waals surface area contributed by atoms with Gasteiger partial charge in [0.2, 0.25) is 0 Å². The summed E-state index contributed by atoms with van der Waals surface area (Å²) in [5.41, 5.74) is 1.42. The number of halogens is 2. The first-order valence-electron chi connectivity index (χ1n) is 8.37. The number of nitrogens with one attached hydrogen (secondary N) is 1. The van der Waals surface area contributed by atoms with Crippen LogP contribution in [0.5, 0.6) is 0 Å². The first-order valence-corrected chi connectivity index (χ1v) is 8.75. The molecular formula is C19H18ClFN4. The second-order valence-electron chi connectivity index (χ2n) is 6.24. The number of piperidine rings is 1. The zero-order valence-electron chi connectivity index (χ0n) is 13.6. The summed E-state index contributed by atoms with van der Waals surface area (Å²) in [6.07, 6.45) is 3.43. The molecule has 1 saturated heterocycles. The Morgan fingerprint density at radius 1 is 1.08 bits per heavy atom. The van der Waals surface area contributed by atoms with Gasteiger partial charge in [-0.3, -0.25) is 0 Å². The van der Waals surface area contributed by atoms with Crippen LogP contribution in [0.2, 0.25) is 5.02 Å². The Labute approximate surface area is 150 Å². The van der Waals surface area contributed by atoms with Gasteiger partial charge in [0.15, 0.2) is 0 Å². The second kappa shape index (κ2) is 6.84. The third-order valence-corrected chi connectivity index (χ3v) is 4.84. The largest absolute Gasteiger partial charge is 0.380 e. The van der Waals surface area contributed by atoms with Gasteiger partial charge in [-0.1, -0.05) is 23.7 Å². The number of para-hydroxylation sites is 1. The smallest absolute Gasteiger partial charge is 0.146 e. The Kier molecular flexibility index (Phi) is 4.40. The van der Waals surface area contributed by atoms with E-state index in [-0.39, 0.29) is 11.9 Å². The van der Waals surface area contributed by atoms with E-state index in [0.717, 1.165) is 42.7 Å². The highest BCUT2D eigenvalue weighted by atomic mass is 35.5. The van der Waals surface area contributed by atoms with Crippen LogP contribution in [0.3, 0.4) is 0 Å². The van der Waals surface area contributed by atoms with Crippen molar-refractivity contribution in [2.24, 2.45) is 0 Å². The first kappa shape index (κ1) is 16.1. The minimum absolute atomic E-state index is 0.205. The van der Waals surface area contributed by atoms with Crippen LogP contribution in [-0.4, -0.2) is 29.1 Å². The molecule has 0 amide bonds. The van der Waals surface area contributed by atoms with Gasteiger partial charge in [-0.15, -0.1) is 0 Å². The van der Waals surface area contributed by atoms with E-state index in [1.54, 1.807) is 18.5 Å². The summed E-state index contributed by atoms with van der Waals surface area (Å²) in [5.74, 6) is 0.731. The molecule has 0 aliphatic carbocycles. The lowest BCUT2D eigenvalue weighted by Gasteiger charge is -2.34. The number of aromatic nitrogens is 2. The fourth-order valence-electron chi connectivity index (χ4n) is 3.30. The van der Waals surface area contributed by atoms with Crippen molar-refractivity contribution in [1.82, 2.24) is 9.97 Å². The highest BCUT2D eigenvalue weighted by Crippen LogP contribution is 2.28.